The van der Waals surface area contributed by atoms with Gasteiger partial charge in [0.25, 0.3) is 0 Å². The molecule has 0 amide bonds. The summed E-state index contributed by atoms with van der Waals surface area (Å²) < 4.78 is 1.84. The zero-order chi connectivity index (χ0) is 10.2. The maximum absolute atomic E-state index is 4.12. The van der Waals surface area contributed by atoms with Gasteiger partial charge in [-0.3, -0.25) is 4.68 Å². The Bertz CT molecular complexity index is 247. The minimum atomic E-state index is 0.933. The Morgan fingerprint density at radius 1 is 1.43 bits per heavy atom. The summed E-state index contributed by atoms with van der Waals surface area (Å²) in [4.78, 5) is 0. The van der Waals surface area contributed by atoms with E-state index in [1.54, 1.807) is 0 Å². The number of alkyl halides is 1. The molecule has 0 aliphatic carbocycles. The second-order valence-electron chi connectivity index (χ2n) is 3.45. The number of aryl methyl sites for hydroxylation is 1. The highest BCUT2D eigenvalue weighted by atomic mass is 79.9. The molecule has 1 heterocycles. The van der Waals surface area contributed by atoms with Gasteiger partial charge in [-0.1, -0.05) is 22.4 Å². The van der Waals surface area contributed by atoms with Crippen molar-refractivity contribution in [2.75, 3.05) is 11.9 Å². The van der Waals surface area contributed by atoms with Crippen LogP contribution in [0.25, 0.3) is 0 Å². The number of hydrogen-bond acceptors (Lipinski definition) is 2. The van der Waals surface area contributed by atoms with Gasteiger partial charge >= 0.3 is 0 Å². The van der Waals surface area contributed by atoms with Gasteiger partial charge in [-0.25, -0.2) is 0 Å². The van der Waals surface area contributed by atoms with Gasteiger partial charge in [-0.2, -0.15) is 5.10 Å². The van der Waals surface area contributed by atoms with Gasteiger partial charge in [-0.05, 0) is 19.4 Å². The molecule has 3 nitrogen and oxygen atoms in total. The molecule has 0 atom stereocenters. The zero-order valence-electron chi connectivity index (χ0n) is 8.67. The van der Waals surface area contributed by atoms with Crippen LogP contribution in [0.3, 0.4) is 0 Å². The Morgan fingerprint density at radius 2 is 2.29 bits per heavy atom. The third-order valence-corrected chi connectivity index (χ3v) is 2.64. The van der Waals surface area contributed by atoms with Crippen LogP contribution < -0.4 is 5.32 Å². The van der Waals surface area contributed by atoms with E-state index in [0.717, 1.165) is 18.4 Å². The van der Waals surface area contributed by atoms with Gasteiger partial charge in [0, 0.05) is 30.7 Å². The lowest BCUT2D eigenvalue weighted by Crippen LogP contribution is -2.14. The van der Waals surface area contributed by atoms with Crippen LogP contribution in [-0.4, -0.2) is 21.7 Å². The highest BCUT2D eigenvalue weighted by Gasteiger charge is 1.94. The van der Waals surface area contributed by atoms with Crippen molar-refractivity contribution in [3.63, 3.8) is 0 Å². The largest absolute Gasteiger partial charge is 0.313 e. The maximum atomic E-state index is 4.12. The summed E-state index contributed by atoms with van der Waals surface area (Å²) in [7, 11) is 1.94. The van der Waals surface area contributed by atoms with Gasteiger partial charge in [0.2, 0.25) is 0 Å². The molecular formula is C10H18BrN3. The lowest BCUT2D eigenvalue weighted by Gasteiger charge is -2.01. The van der Waals surface area contributed by atoms with E-state index in [1.807, 2.05) is 24.1 Å². The fraction of sp³-hybridized carbons (Fsp3) is 0.700. The van der Waals surface area contributed by atoms with Crippen LogP contribution in [0.5, 0.6) is 0 Å². The second kappa shape index (κ2) is 7.01. The van der Waals surface area contributed by atoms with E-state index in [9.17, 15) is 0 Å². The molecule has 4 heteroatoms. The summed E-state index contributed by atoms with van der Waals surface area (Å²) in [5.74, 6) is 0. The molecule has 0 aliphatic rings. The van der Waals surface area contributed by atoms with Crippen molar-refractivity contribution in [2.24, 2.45) is 7.05 Å². The highest BCUT2D eigenvalue weighted by Crippen LogP contribution is 1.98. The molecule has 0 saturated carbocycles. The summed E-state index contributed by atoms with van der Waals surface area (Å²) in [5.41, 5.74) is 1.26. The lowest BCUT2D eigenvalue weighted by molar-refractivity contribution is 0.619. The highest BCUT2D eigenvalue weighted by molar-refractivity contribution is 9.09. The van der Waals surface area contributed by atoms with E-state index < -0.39 is 0 Å². The molecule has 0 fully saturated rings. The van der Waals surface area contributed by atoms with Crippen LogP contribution in [0.2, 0.25) is 0 Å². The van der Waals surface area contributed by atoms with Gasteiger partial charge < -0.3 is 5.32 Å². The zero-order valence-corrected chi connectivity index (χ0v) is 10.3. The number of aromatic nitrogens is 2. The number of halogens is 1. The first-order valence-electron chi connectivity index (χ1n) is 5.07. The molecule has 80 valence electrons. The van der Waals surface area contributed by atoms with E-state index in [2.05, 4.69) is 26.3 Å². The molecule has 1 rings (SSSR count). The molecule has 14 heavy (non-hydrogen) atoms. The van der Waals surface area contributed by atoms with E-state index >= 15 is 0 Å². The fourth-order valence-electron chi connectivity index (χ4n) is 1.32. The Morgan fingerprint density at radius 3 is 2.93 bits per heavy atom. The van der Waals surface area contributed by atoms with Crippen LogP contribution >= 0.6 is 15.9 Å². The number of nitrogens with zero attached hydrogens (tertiary/aromatic N) is 2. The normalized spacial score (nSPS) is 10.7. The molecule has 0 radical (unpaired) electrons. The molecule has 0 aliphatic heterocycles. The summed E-state index contributed by atoms with van der Waals surface area (Å²) in [6.07, 6.45) is 7.78. The summed E-state index contributed by atoms with van der Waals surface area (Å²) >= 11 is 3.43. The monoisotopic (exact) mass is 259 g/mol. The summed E-state index contributed by atoms with van der Waals surface area (Å²) in [6.45, 7) is 2.03. The molecule has 1 aromatic heterocycles. The predicted octanol–water partition coefficient (Wildman–Crippen LogP) is 2.07. The predicted molar refractivity (Wildman–Crippen MR) is 62.6 cm³/mol. The van der Waals surface area contributed by atoms with E-state index in [1.165, 1.54) is 24.8 Å². The van der Waals surface area contributed by atoms with Crippen molar-refractivity contribution in [3.05, 3.63) is 18.0 Å². The lowest BCUT2D eigenvalue weighted by atomic mass is 10.2. The topological polar surface area (TPSA) is 29.9 Å². The van der Waals surface area contributed by atoms with Gasteiger partial charge in [0.05, 0.1) is 6.20 Å². The van der Waals surface area contributed by atoms with Crippen molar-refractivity contribution in [1.82, 2.24) is 15.1 Å². The maximum Gasteiger partial charge on any atom is 0.0534 e. The number of unbranched alkanes of at least 4 members (excludes halogenated alkanes) is 2. The molecular weight excluding hydrogens is 242 g/mol. The van der Waals surface area contributed by atoms with E-state index in [0.29, 0.717) is 0 Å². The smallest absolute Gasteiger partial charge is 0.0534 e. The summed E-state index contributed by atoms with van der Waals surface area (Å²) in [5, 5.41) is 8.64. The molecule has 1 N–H and O–H groups in total. The van der Waals surface area contributed by atoms with Crippen LogP contribution in [0.4, 0.5) is 0 Å². The average molecular weight is 260 g/mol. The third-order valence-electron chi connectivity index (χ3n) is 2.07. The fourth-order valence-corrected chi connectivity index (χ4v) is 1.71. The Labute approximate surface area is 94.0 Å². The van der Waals surface area contributed by atoms with Crippen molar-refractivity contribution >= 4 is 15.9 Å². The molecule has 0 saturated heterocycles. The Hall–Kier alpha value is -0.350. The molecule has 0 spiro atoms. The van der Waals surface area contributed by atoms with Gasteiger partial charge in [-0.15, -0.1) is 0 Å². The van der Waals surface area contributed by atoms with Crippen LogP contribution in [0.1, 0.15) is 24.8 Å². The van der Waals surface area contributed by atoms with Crippen molar-refractivity contribution < 1.29 is 0 Å². The number of rotatable bonds is 7. The minimum absolute atomic E-state index is 0.933. The van der Waals surface area contributed by atoms with Crippen LogP contribution in [0, 0.1) is 0 Å². The molecule has 0 bridgehead atoms. The first-order valence-corrected chi connectivity index (χ1v) is 6.19. The number of hydrogen-bond donors (Lipinski definition) is 1. The number of nitrogens with one attached hydrogen (secondary N) is 1. The first kappa shape index (κ1) is 11.7. The molecule has 1 aromatic rings. The first-order chi connectivity index (χ1) is 6.83. The molecule has 0 aromatic carbocycles. The van der Waals surface area contributed by atoms with Crippen molar-refractivity contribution in [2.45, 2.75) is 25.8 Å². The van der Waals surface area contributed by atoms with Crippen LogP contribution in [0.15, 0.2) is 12.4 Å². The Kier molecular flexibility index (Phi) is 5.87. The van der Waals surface area contributed by atoms with Gasteiger partial charge in [0.15, 0.2) is 0 Å². The van der Waals surface area contributed by atoms with Crippen LogP contribution in [-0.2, 0) is 13.6 Å². The SMILES string of the molecule is Cn1cc(CNCCCCCBr)cn1. The minimum Gasteiger partial charge on any atom is -0.313 e. The third kappa shape index (κ3) is 4.77. The van der Waals surface area contributed by atoms with E-state index in [-0.39, 0.29) is 0 Å². The van der Waals surface area contributed by atoms with Crippen molar-refractivity contribution in [1.29, 1.82) is 0 Å². The second-order valence-corrected chi connectivity index (χ2v) is 4.24. The standard InChI is InChI=1S/C10H18BrN3/c1-14-9-10(8-13-14)7-12-6-4-2-3-5-11/h8-9,12H,2-7H2,1H3. The van der Waals surface area contributed by atoms with E-state index in [4.69, 9.17) is 0 Å². The quantitative estimate of drug-likeness (QED) is 0.601. The van der Waals surface area contributed by atoms with Gasteiger partial charge in [0.1, 0.15) is 0 Å². The average Bonchev–Trinajstić information content (AvgIpc) is 2.58. The Balaban J connectivity index is 1.99. The van der Waals surface area contributed by atoms with Crippen molar-refractivity contribution in [3.8, 4) is 0 Å². The summed E-state index contributed by atoms with van der Waals surface area (Å²) in [6, 6.07) is 0. The molecule has 0 unspecified atom stereocenters.